The van der Waals surface area contributed by atoms with Gasteiger partial charge in [-0.05, 0) is 18.9 Å². The van der Waals surface area contributed by atoms with Gasteiger partial charge in [0.2, 0.25) is 0 Å². The predicted octanol–water partition coefficient (Wildman–Crippen LogP) is 0.0349. The van der Waals surface area contributed by atoms with E-state index in [-0.39, 0.29) is 24.6 Å². The van der Waals surface area contributed by atoms with Gasteiger partial charge in [-0.2, -0.15) is 0 Å². The van der Waals surface area contributed by atoms with Gasteiger partial charge in [0.25, 0.3) is 11.8 Å². The summed E-state index contributed by atoms with van der Waals surface area (Å²) < 4.78 is 13.6. The molecule has 7 nitrogen and oxygen atoms in total. The molecule has 1 aromatic heterocycles. The number of imide groups is 1. The quantitative estimate of drug-likeness (QED) is 0.715. The number of hydrogen-bond acceptors (Lipinski definition) is 4. The number of halogens is 1. The molecule has 8 heteroatoms. The van der Waals surface area contributed by atoms with Crippen molar-refractivity contribution in [1.29, 1.82) is 0 Å². The molecule has 2 aliphatic rings. The molecule has 2 saturated heterocycles. The Labute approximate surface area is 119 Å². The first kappa shape index (κ1) is 13.5. The highest BCUT2D eigenvalue weighted by Crippen LogP contribution is 2.26. The minimum atomic E-state index is -0.940. The van der Waals surface area contributed by atoms with Crippen LogP contribution in [0.1, 0.15) is 23.2 Å². The van der Waals surface area contributed by atoms with Crippen molar-refractivity contribution < 1.29 is 18.8 Å². The van der Waals surface area contributed by atoms with Crippen molar-refractivity contribution in [3.8, 4) is 0 Å². The molecular formula is C13H13FN4O3. The van der Waals surface area contributed by atoms with Crippen LogP contribution in [0.15, 0.2) is 18.5 Å². The van der Waals surface area contributed by atoms with E-state index < -0.39 is 23.3 Å². The molecule has 0 saturated carbocycles. The third-order valence-corrected chi connectivity index (χ3v) is 3.92. The zero-order chi connectivity index (χ0) is 15.0. The Hall–Kier alpha value is -2.51. The van der Waals surface area contributed by atoms with E-state index in [2.05, 4.69) is 15.6 Å². The molecule has 3 rings (SSSR count). The van der Waals surface area contributed by atoms with Gasteiger partial charge >= 0.3 is 6.03 Å². The molecule has 0 bridgehead atoms. The number of nitrogens with zero attached hydrogens (tertiary/aromatic N) is 2. The molecule has 21 heavy (non-hydrogen) atoms. The number of carbonyl (C=O) groups excluding carboxylic acids is 3. The number of pyridine rings is 1. The molecule has 110 valence electrons. The second-order valence-electron chi connectivity index (χ2n) is 5.14. The van der Waals surface area contributed by atoms with Crippen molar-refractivity contribution in [2.45, 2.75) is 18.4 Å². The Morgan fingerprint density at radius 2 is 2.05 bits per heavy atom. The van der Waals surface area contributed by atoms with E-state index in [1.165, 1.54) is 17.2 Å². The van der Waals surface area contributed by atoms with Crippen LogP contribution in [-0.4, -0.2) is 46.4 Å². The maximum Gasteiger partial charge on any atom is 0.322 e. The van der Waals surface area contributed by atoms with Gasteiger partial charge in [-0.15, -0.1) is 0 Å². The lowest BCUT2D eigenvalue weighted by Crippen LogP contribution is -2.55. The summed E-state index contributed by atoms with van der Waals surface area (Å²) in [7, 11) is 0. The van der Waals surface area contributed by atoms with Gasteiger partial charge in [0.1, 0.15) is 5.54 Å². The van der Waals surface area contributed by atoms with Gasteiger partial charge in [-0.25, -0.2) is 9.18 Å². The molecule has 2 fully saturated rings. The number of urea groups is 1. The van der Waals surface area contributed by atoms with Gasteiger partial charge in [-0.3, -0.25) is 19.9 Å². The van der Waals surface area contributed by atoms with Gasteiger partial charge in [0.15, 0.2) is 5.82 Å². The van der Waals surface area contributed by atoms with Crippen LogP contribution >= 0.6 is 0 Å². The van der Waals surface area contributed by atoms with E-state index in [0.717, 1.165) is 6.20 Å². The summed E-state index contributed by atoms with van der Waals surface area (Å²) in [6.07, 6.45) is 2.96. The second kappa shape index (κ2) is 4.80. The average Bonchev–Trinajstić information content (AvgIpc) is 2.74. The molecule has 2 N–H and O–H groups in total. The molecular weight excluding hydrogens is 279 g/mol. The molecule has 2 aliphatic heterocycles. The lowest BCUT2D eigenvalue weighted by molar-refractivity contribution is -0.125. The Morgan fingerprint density at radius 1 is 1.33 bits per heavy atom. The monoisotopic (exact) mass is 292 g/mol. The first-order valence-corrected chi connectivity index (χ1v) is 6.54. The van der Waals surface area contributed by atoms with Crippen LogP contribution in [0.5, 0.6) is 0 Å². The summed E-state index contributed by atoms with van der Waals surface area (Å²) in [5.74, 6) is -1.47. The number of nitrogens with one attached hydrogen (secondary N) is 2. The number of aromatic nitrogens is 1. The van der Waals surface area contributed by atoms with Crippen molar-refractivity contribution in [2.75, 3.05) is 13.1 Å². The predicted molar refractivity (Wildman–Crippen MR) is 68.7 cm³/mol. The Morgan fingerprint density at radius 3 is 2.62 bits per heavy atom. The highest BCUT2D eigenvalue weighted by atomic mass is 19.1. The highest BCUT2D eigenvalue weighted by molar-refractivity contribution is 6.07. The van der Waals surface area contributed by atoms with E-state index >= 15 is 0 Å². The maximum atomic E-state index is 13.6. The summed E-state index contributed by atoms with van der Waals surface area (Å²) in [6, 6.07) is 0.812. The number of hydrogen-bond donors (Lipinski definition) is 2. The number of amides is 4. The van der Waals surface area contributed by atoms with Crippen molar-refractivity contribution >= 4 is 17.8 Å². The van der Waals surface area contributed by atoms with Crippen LogP contribution in [0.25, 0.3) is 0 Å². The van der Waals surface area contributed by atoms with E-state index in [1.54, 1.807) is 0 Å². The van der Waals surface area contributed by atoms with Crippen molar-refractivity contribution in [3.63, 3.8) is 0 Å². The van der Waals surface area contributed by atoms with Crippen molar-refractivity contribution in [3.05, 3.63) is 29.8 Å². The fourth-order valence-corrected chi connectivity index (χ4v) is 2.69. The second-order valence-corrected chi connectivity index (χ2v) is 5.14. The Bertz CT molecular complexity index is 626. The van der Waals surface area contributed by atoms with Crippen molar-refractivity contribution in [2.24, 2.45) is 0 Å². The molecule has 0 radical (unpaired) electrons. The van der Waals surface area contributed by atoms with E-state index in [4.69, 9.17) is 0 Å². The molecule has 4 amide bonds. The minimum Gasteiger partial charge on any atom is -0.338 e. The molecule has 0 unspecified atom stereocenters. The lowest BCUT2D eigenvalue weighted by Gasteiger charge is -2.37. The van der Waals surface area contributed by atoms with Crippen LogP contribution in [0, 0.1) is 5.82 Å². The maximum absolute atomic E-state index is 13.6. The standard InChI is InChI=1S/C13H13FN4O3/c14-9-7-15-4-1-8(9)10(19)18-5-2-13(3-6-18)11(20)16-12(21)17-13/h1,4,7H,2-3,5-6H2,(H2,16,17,20,21). The molecule has 1 aromatic rings. The normalized spacial score (nSPS) is 20.3. The fourth-order valence-electron chi connectivity index (χ4n) is 2.69. The molecule has 0 atom stereocenters. The molecule has 3 heterocycles. The summed E-state index contributed by atoms with van der Waals surface area (Å²) in [6.45, 7) is 0.544. The van der Waals surface area contributed by atoms with E-state index in [9.17, 15) is 18.8 Å². The first-order chi connectivity index (χ1) is 10.0. The van der Waals surface area contributed by atoms with Crippen LogP contribution in [0.2, 0.25) is 0 Å². The molecule has 0 aliphatic carbocycles. The summed E-state index contributed by atoms with van der Waals surface area (Å²) in [4.78, 5) is 40.3. The number of piperidine rings is 1. The van der Waals surface area contributed by atoms with E-state index in [1.807, 2.05) is 0 Å². The highest BCUT2D eigenvalue weighted by Gasteiger charge is 2.48. The number of likely N-dealkylation sites (tertiary alicyclic amines) is 1. The third kappa shape index (κ3) is 2.22. The third-order valence-electron chi connectivity index (χ3n) is 3.92. The van der Waals surface area contributed by atoms with Crippen LogP contribution in [0.4, 0.5) is 9.18 Å². The summed E-state index contributed by atoms with van der Waals surface area (Å²) >= 11 is 0. The Balaban J connectivity index is 1.72. The zero-order valence-corrected chi connectivity index (χ0v) is 11.1. The fraction of sp³-hybridized carbons (Fsp3) is 0.385. The van der Waals surface area contributed by atoms with E-state index in [0.29, 0.717) is 12.8 Å². The van der Waals surface area contributed by atoms with Gasteiger partial charge < -0.3 is 10.2 Å². The summed E-state index contributed by atoms with van der Waals surface area (Å²) in [5, 5.41) is 4.81. The zero-order valence-electron chi connectivity index (χ0n) is 11.1. The van der Waals surface area contributed by atoms with Gasteiger partial charge in [0, 0.05) is 19.3 Å². The minimum absolute atomic E-state index is 0.0409. The van der Waals surface area contributed by atoms with Gasteiger partial charge in [0.05, 0.1) is 11.8 Å². The molecule has 1 spiro atoms. The number of rotatable bonds is 1. The average molecular weight is 292 g/mol. The lowest BCUT2D eigenvalue weighted by atomic mass is 9.87. The molecule has 0 aromatic carbocycles. The van der Waals surface area contributed by atoms with Gasteiger partial charge in [-0.1, -0.05) is 0 Å². The van der Waals surface area contributed by atoms with Crippen LogP contribution < -0.4 is 10.6 Å². The SMILES string of the molecule is O=C1NC(=O)C2(CCN(C(=O)c3ccncc3F)CC2)N1. The van der Waals surface area contributed by atoms with Crippen LogP contribution in [-0.2, 0) is 4.79 Å². The summed E-state index contributed by atoms with van der Waals surface area (Å²) in [5.41, 5.74) is -0.981. The van der Waals surface area contributed by atoms with Crippen LogP contribution in [0.3, 0.4) is 0 Å². The number of carbonyl (C=O) groups is 3. The topological polar surface area (TPSA) is 91.4 Å². The largest absolute Gasteiger partial charge is 0.338 e. The Kier molecular flexibility index (Phi) is 3.08. The van der Waals surface area contributed by atoms with Crippen molar-refractivity contribution in [1.82, 2.24) is 20.5 Å². The smallest absolute Gasteiger partial charge is 0.322 e. The first-order valence-electron chi connectivity index (χ1n) is 6.54.